The molecule has 0 saturated carbocycles. The molecular weight excluding hydrogens is 255 g/mol. The first kappa shape index (κ1) is 13.8. The van der Waals surface area contributed by atoms with Crippen molar-refractivity contribution in [3.63, 3.8) is 0 Å². The summed E-state index contributed by atoms with van der Waals surface area (Å²) in [4.78, 5) is 4.89. The third-order valence-electron chi connectivity index (χ3n) is 4.26. The van der Waals surface area contributed by atoms with Gasteiger partial charge in [-0.15, -0.1) is 0 Å². The second-order valence-corrected chi connectivity index (χ2v) is 5.67. The highest BCUT2D eigenvalue weighted by atomic mass is 19.1. The van der Waals surface area contributed by atoms with Crippen molar-refractivity contribution in [2.24, 2.45) is 0 Å². The highest BCUT2D eigenvalue weighted by Crippen LogP contribution is 2.27. The fourth-order valence-corrected chi connectivity index (χ4v) is 3.19. The van der Waals surface area contributed by atoms with Crippen LogP contribution in [0.1, 0.15) is 18.4 Å². The van der Waals surface area contributed by atoms with E-state index in [2.05, 4.69) is 9.80 Å². The van der Waals surface area contributed by atoms with E-state index in [4.69, 9.17) is 4.74 Å². The lowest BCUT2D eigenvalue weighted by atomic mass is 10.0. The zero-order valence-electron chi connectivity index (χ0n) is 12.0. The van der Waals surface area contributed by atoms with Gasteiger partial charge >= 0.3 is 0 Å². The summed E-state index contributed by atoms with van der Waals surface area (Å²) in [7, 11) is 0. The van der Waals surface area contributed by atoms with Crippen LogP contribution in [0.3, 0.4) is 0 Å². The Kier molecular flexibility index (Phi) is 4.53. The number of halogens is 1. The Morgan fingerprint density at radius 3 is 2.80 bits per heavy atom. The molecule has 110 valence electrons. The van der Waals surface area contributed by atoms with Gasteiger partial charge in [-0.1, -0.05) is 0 Å². The number of ether oxygens (including phenoxy) is 1. The maximum Gasteiger partial charge on any atom is 0.123 e. The number of morpholine rings is 1. The van der Waals surface area contributed by atoms with Crippen LogP contribution in [0.15, 0.2) is 18.2 Å². The minimum absolute atomic E-state index is 0.112. The van der Waals surface area contributed by atoms with Gasteiger partial charge < -0.3 is 9.64 Å². The minimum Gasteiger partial charge on any atom is -0.379 e. The predicted molar refractivity (Wildman–Crippen MR) is 78.8 cm³/mol. The van der Waals surface area contributed by atoms with Crippen LogP contribution in [-0.2, 0) is 11.2 Å². The quantitative estimate of drug-likeness (QED) is 0.840. The molecule has 3 nitrogen and oxygen atoms in total. The molecule has 3 rings (SSSR count). The molecule has 2 aliphatic heterocycles. The lowest BCUT2D eigenvalue weighted by Crippen LogP contribution is -2.38. The molecule has 1 aromatic carbocycles. The third-order valence-corrected chi connectivity index (χ3v) is 4.26. The average Bonchev–Trinajstić information content (AvgIpc) is 2.48. The van der Waals surface area contributed by atoms with E-state index >= 15 is 0 Å². The monoisotopic (exact) mass is 278 g/mol. The van der Waals surface area contributed by atoms with Gasteiger partial charge in [0.2, 0.25) is 0 Å². The highest BCUT2D eigenvalue weighted by Gasteiger charge is 2.17. The first-order chi connectivity index (χ1) is 9.83. The van der Waals surface area contributed by atoms with Crippen molar-refractivity contribution in [3.05, 3.63) is 29.6 Å². The van der Waals surface area contributed by atoms with Crippen LogP contribution in [0.25, 0.3) is 0 Å². The summed E-state index contributed by atoms with van der Waals surface area (Å²) in [6.45, 7) is 7.15. The first-order valence-corrected chi connectivity index (χ1v) is 7.66. The second kappa shape index (κ2) is 6.55. The fourth-order valence-electron chi connectivity index (χ4n) is 3.19. The summed E-state index contributed by atoms with van der Waals surface area (Å²) in [5.74, 6) is -0.112. The standard InChI is InChI=1S/C16H23FN2O/c17-15-4-5-16-14(13-15)3-1-7-19(16)8-2-6-18-9-11-20-12-10-18/h4-5,13H,1-3,6-12H2. The molecule has 0 bridgehead atoms. The number of rotatable bonds is 4. The van der Waals surface area contributed by atoms with E-state index in [9.17, 15) is 4.39 Å². The number of nitrogens with zero attached hydrogens (tertiary/aromatic N) is 2. The van der Waals surface area contributed by atoms with E-state index in [1.54, 1.807) is 12.1 Å². The van der Waals surface area contributed by atoms with Crippen molar-refractivity contribution >= 4 is 5.69 Å². The molecule has 0 aliphatic carbocycles. The number of anilines is 1. The summed E-state index contributed by atoms with van der Waals surface area (Å²) in [5.41, 5.74) is 2.40. The molecule has 2 heterocycles. The summed E-state index contributed by atoms with van der Waals surface area (Å²) < 4.78 is 18.6. The van der Waals surface area contributed by atoms with Gasteiger partial charge in [-0.2, -0.15) is 0 Å². The summed E-state index contributed by atoms with van der Waals surface area (Å²) in [5, 5.41) is 0. The number of fused-ring (bicyclic) bond motifs is 1. The molecule has 1 fully saturated rings. The maximum atomic E-state index is 13.3. The molecule has 4 heteroatoms. The molecule has 0 radical (unpaired) electrons. The topological polar surface area (TPSA) is 15.7 Å². The van der Waals surface area contributed by atoms with Crippen LogP contribution in [0, 0.1) is 5.82 Å². The molecule has 0 atom stereocenters. The Labute approximate surface area is 120 Å². The summed E-state index contributed by atoms with van der Waals surface area (Å²) in [6, 6.07) is 5.22. The smallest absolute Gasteiger partial charge is 0.123 e. The van der Waals surface area contributed by atoms with Gasteiger partial charge in [0.1, 0.15) is 5.82 Å². The van der Waals surface area contributed by atoms with Crippen LogP contribution in [0.4, 0.5) is 10.1 Å². The van der Waals surface area contributed by atoms with Crippen molar-refractivity contribution in [1.82, 2.24) is 4.90 Å². The van der Waals surface area contributed by atoms with E-state index in [0.717, 1.165) is 65.2 Å². The number of hydrogen-bond acceptors (Lipinski definition) is 3. The predicted octanol–water partition coefficient (Wildman–Crippen LogP) is 2.30. The largest absolute Gasteiger partial charge is 0.379 e. The van der Waals surface area contributed by atoms with Gasteiger partial charge in [0.05, 0.1) is 13.2 Å². The van der Waals surface area contributed by atoms with Gasteiger partial charge in [0.25, 0.3) is 0 Å². The van der Waals surface area contributed by atoms with Crippen LogP contribution >= 0.6 is 0 Å². The third kappa shape index (κ3) is 3.30. The van der Waals surface area contributed by atoms with Crippen LogP contribution in [0.5, 0.6) is 0 Å². The molecule has 1 saturated heterocycles. The van der Waals surface area contributed by atoms with Crippen molar-refractivity contribution in [2.45, 2.75) is 19.3 Å². The number of aryl methyl sites for hydroxylation is 1. The second-order valence-electron chi connectivity index (χ2n) is 5.67. The Hall–Kier alpha value is -1.13. The van der Waals surface area contributed by atoms with Crippen molar-refractivity contribution in [2.75, 3.05) is 50.8 Å². The number of hydrogen-bond donors (Lipinski definition) is 0. The summed E-state index contributed by atoms with van der Waals surface area (Å²) in [6.07, 6.45) is 3.30. The van der Waals surface area contributed by atoms with E-state index in [0.29, 0.717) is 0 Å². The molecule has 20 heavy (non-hydrogen) atoms. The van der Waals surface area contributed by atoms with E-state index < -0.39 is 0 Å². The lowest BCUT2D eigenvalue weighted by Gasteiger charge is -2.33. The zero-order chi connectivity index (χ0) is 13.8. The maximum absolute atomic E-state index is 13.3. The van der Waals surface area contributed by atoms with Gasteiger partial charge in [-0.3, -0.25) is 4.90 Å². The van der Waals surface area contributed by atoms with Gasteiger partial charge in [0, 0.05) is 38.4 Å². The average molecular weight is 278 g/mol. The van der Waals surface area contributed by atoms with Crippen molar-refractivity contribution in [1.29, 1.82) is 0 Å². The SMILES string of the molecule is Fc1ccc2c(c1)CCCN2CCCN1CCOCC1. The molecule has 2 aliphatic rings. The van der Waals surface area contributed by atoms with Gasteiger partial charge in [-0.05, 0) is 43.0 Å². The van der Waals surface area contributed by atoms with E-state index in [1.165, 1.54) is 11.3 Å². The Bertz CT molecular complexity index is 446. The highest BCUT2D eigenvalue weighted by molar-refractivity contribution is 5.55. The van der Waals surface area contributed by atoms with Crippen LogP contribution in [0.2, 0.25) is 0 Å². The number of benzene rings is 1. The first-order valence-electron chi connectivity index (χ1n) is 7.66. The Morgan fingerprint density at radius 1 is 1.10 bits per heavy atom. The molecule has 1 aromatic rings. The van der Waals surface area contributed by atoms with Crippen molar-refractivity contribution < 1.29 is 9.13 Å². The van der Waals surface area contributed by atoms with Crippen LogP contribution < -0.4 is 4.90 Å². The minimum atomic E-state index is -0.112. The normalized spacial score (nSPS) is 19.9. The fraction of sp³-hybridized carbons (Fsp3) is 0.625. The van der Waals surface area contributed by atoms with Gasteiger partial charge in [-0.25, -0.2) is 4.39 Å². The van der Waals surface area contributed by atoms with Crippen LogP contribution in [-0.4, -0.2) is 50.8 Å². The molecule has 0 aromatic heterocycles. The molecule has 0 unspecified atom stereocenters. The zero-order valence-corrected chi connectivity index (χ0v) is 12.0. The Balaban J connectivity index is 1.53. The van der Waals surface area contributed by atoms with E-state index in [1.807, 2.05) is 6.07 Å². The molecule has 0 N–H and O–H groups in total. The molecule has 0 amide bonds. The van der Waals surface area contributed by atoms with Gasteiger partial charge in [0.15, 0.2) is 0 Å². The molecule has 0 spiro atoms. The van der Waals surface area contributed by atoms with Crippen molar-refractivity contribution in [3.8, 4) is 0 Å². The summed E-state index contributed by atoms with van der Waals surface area (Å²) >= 11 is 0. The van der Waals surface area contributed by atoms with E-state index in [-0.39, 0.29) is 5.82 Å². The molecular formula is C16H23FN2O. The Morgan fingerprint density at radius 2 is 1.95 bits per heavy atom. The lowest BCUT2D eigenvalue weighted by molar-refractivity contribution is 0.0376.